The summed E-state index contributed by atoms with van der Waals surface area (Å²) in [7, 11) is 0. The van der Waals surface area contributed by atoms with Gasteiger partial charge in [0.25, 0.3) is 0 Å². The van der Waals surface area contributed by atoms with E-state index < -0.39 is 5.60 Å². The largest absolute Gasteiger partial charge is 0.388 e. The van der Waals surface area contributed by atoms with Crippen LogP contribution in [-0.4, -0.2) is 16.7 Å². The Kier molecular flexibility index (Phi) is 2.47. The number of fused-ring (bicyclic) bond motifs is 1. The van der Waals surface area contributed by atoms with Crippen LogP contribution in [0.15, 0.2) is 24.3 Å². The summed E-state index contributed by atoms with van der Waals surface area (Å²) in [6, 6.07) is 8.41. The molecule has 0 aliphatic carbocycles. The number of hydrogen-bond acceptors (Lipinski definition) is 2. The van der Waals surface area contributed by atoms with Crippen molar-refractivity contribution in [2.75, 3.05) is 5.32 Å². The Morgan fingerprint density at radius 2 is 2.07 bits per heavy atom. The number of anilines is 1. The minimum Gasteiger partial charge on any atom is -0.388 e. The summed E-state index contributed by atoms with van der Waals surface area (Å²) in [5, 5.41) is 13.8. The first-order valence-electron chi connectivity index (χ1n) is 5.58. The molecule has 2 rings (SSSR count). The Morgan fingerprint density at radius 3 is 2.67 bits per heavy atom. The highest BCUT2D eigenvalue weighted by atomic mass is 16.3. The maximum Gasteiger partial charge on any atom is 0.0845 e. The van der Waals surface area contributed by atoms with Crippen LogP contribution in [-0.2, 0) is 6.42 Å². The third kappa shape index (κ3) is 1.74. The molecule has 1 aromatic rings. The van der Waals surface area contributed by atoms with Crippen LogP contribution in [0.4, 0.5) is 5.69 Å². The Bertz CT molecular complexity index is 332. The second-order valence-electron chi connectivity index (χ2n) is 4.94. The maximum absolute atomic E-state index is 10.4. The molecule has 0 aromatic heterocycles. The van der Waals surface area contributed by atoms with Crippen LogP contribution in [0.1, 0.15) is 26.3 Å². The van der Waals surface area contributed by atoms with Crippen molar-refractivity contribution in [3.8, 4) is 0 Å². The van der Waals surface area contributed by atoms with Crippen LogP contribution >= 0.6 is 0 Å². The van der Waals surface area contributed by atoms with Gasteiger partial charge in [-0.3, -0.25) is 0 Å². The molecule has 0 amide bonds. The van der Waals surface area contributed by atoms with Crippen LogP contribution in [0, 0.1) is 5.92 Å². The fourth-order valence-electron chi connectivity index (χ4n) is 2.05. The van der Waals surface area contributed by atoms with Gasteiger partial charge in [0.1, 0.15) is 0 Å². The van der Waals surface area contributed by atoms with Crippen LogP contribution in [0.25, 0.3) is 0 Å². The molecule has 1 aliphatic heterocycles. The molecule has 0 fully saturated rings. The summed E-state index contributed by atoms with van der Waals surface area (Å²) in [5.41, 5.74) is 1.82. The van der Waals surface area contributed by atoms with Crippen molar-refractivity contribution >= 4 is 5.69 Å². The van der Waals surface area contributed by atoms with E-state index in [-0.39, 0.29) is 12.0 Å². The number of aliphatic hydroxyl groups is 1. The van der Waals surface area contributed by atoms with E-state index in [1.165, 1.54) is 11.3 Å². The van der Waals surface area contributed by atoms with Crippen molar-refractivity contribution in [1.82, 2.24) is 0 Å². The van der Waals surface area contributed by atoms with Crippen LogP contribution in [0.3, 0.4) is 0 Å². The number of rotatable bonds is 2. The van der Waals surface area contributed by atoms with Gasteiger partial charge in [0.2, 0.25) is 0 Å². The number of nitrogens with one attached hydrogen (secondary N) is 1. The van der Waals surface area contributed by atoms with Crippen molar-refractivity contribution in [2.45, 2.75) is 38.8 Å². The summed E-state index contributed by atoms with van der Waals surface area (Å²) < 4.78 is 0. The summed E-state index contributed by atoms with van der Waals surface area (Å²) in [5.74, 6) is 0.254. The number of benzene rings is 1. The average Bonchev–Trinajstić information content (AvgIpc) is 2.61. The quantitative estimate of drug-likeness (QED) is 0.777. The van der Waals surface area contributed by atoms with Gasteiger partial charge in [0, 0.05) is 5.69 Å². The fourth-order valence-corrected chi connectivity index (χ4v) is 2.05. The van der Waals surface area contributed by atoms with Crippen LogP contribution in [0.5, 0.6) is 0 Å². The molecule has 1 aromatic carbocycles. The van der Waals surface area contributed by atoms with Gasteiger partial charge in [-0.2, -0.15) is 0 Å². The topological polar surface area (TPSA) is 32.3 Å². The van der Waals surface area contributed by atoms with Gasteiger partial charge in [-0.15, -0.1) is 0 Å². The maximum atomic E-state index is 10.4. The van der Waals surface area contributed by atoms with E-state index in [9.17, 15) is 5.11 Å². The first kappa shape index (κ1) is 10.5. The lowest BCUT2D eigenvalue weighted by Gasteiger charge is -2.34. The molecule has 0 bridgehead atoms. The van der Waals surface area contributed by atoms with Gasteiger partial charge in [-0.1, -0.05) is 32.0 Å². The van der Waals surface area contributed by atoms with E-state index in [0.717, 1.165) is 6.42 Å². The molecule has 2 atom stereocenters. The lowest BCUT2D eigenvalue weighted by atomic mass is 9.84. The highest BCUT2D eigenvalue weighted by molar-refractivity contribution is 5.57. The predicted molar refractivity (Wildman–Crippen MR) is 63.0 cm³/mol. The Labute approximate surface area is 91.3 Å². The SMILES string of the molecule is CC(C)C(C)(O)C1Cc2ccccc2N1. The van der Waals surface area contributed by atoms with Gasteiger partial charge in [-0.25, -0.2) is 0 Å². The smallest absolute Gasteiger partial charge is 0.0845 e. The molecule has 1 heterocycles. The van der Waals surface area contributed by atoms with Crippen molar-refractivity contribution in [1.29, 1.82) is 0 Å². The monoisotopic (exact) mass is 205 g/mol. The predicted octanol–water partition coefficient (Wildman–Crippen LogP) is 2.43. The number of para-hydroxylation sites is 1. The average molecular weight is 205 g/mol. The molecule has 0 saturated carbocycles. The van der Waals surface area contributed by atoms with Crippen molar-refractivity contribution in [3.05, 3.63) is 29.8 Å². The highest BCUT2D eigenvalue weighted by Gasteiger charge is 2.38. The lowest BCUT2D eigenvalue weighted by molar-refractivity contribution is -0.00285. The normalized spacial score (nSPS) is 23.4. The molecule has 82 valence electrons. The molecule has 1 aliphatic rings. The number of hydrogen-bond donors (Lipinski definition) is 2. The Balaban J connectivity index is 2.20. The standard InChI is InChI=1S/C13H19NO/c1-9(2)13(3,15)12-8-10-6-4-5-7-11(10)14-12/h4-7,9,12,14-15H,8H2,1-3H3. The molecule has 2 heteroatoms. The summed E-state index contributed by atoms with van der Waals surface area (Å²) >= 11 is 0. The second kappa shape index (κ2) is 3.53. The van der Waals surface area contributed by atoms with E-state index in [1.807, 2.05) is 19.1 Å². The summed E-state index contributed by atoms with van der Waals surface area (Å²) in [4.78, 5) is 0. The molecule has 0 saturated heterocycles. The zero-order valence-electron chi connectivity index (χ0n) is 9.62. The van der Waals surface area contributed by atoms with E-state index in [1.54, 1.807) is 0 Å². The van der Waals surface area contributed by atoms with Gasteiger partial charge in [0.05, 0.1) is 11.6 Å². The lowest BCUT2D eigenvalue weighted by Crippen LogP contribution is -2.47. The van der Waals surface area contributed by atoms with E-state index in [0.29, 0.717) is 0 Å². The Morgan fingerprint density at radius 1 is 1.40 bits per heavy atom. The molecule has 2 unspecified atom stereocenters. The molecule has 0 spiro atoms. The zero-order valence-corrected chi connectivity index (χ0v) is 9.62. The minimum absolute atomic E-state index is 0.134. The van der Waals surface area contributed by atoms with E-state index in [4.69, 9.17) is 0 Å². The molecular formula is C13H19NO. The highest BCUT2D eigenvalue weighted by Crippen LogP contribution is 2.33. The van der Waals surface area contributed by atoms with Gasteiger partial charge >= 0.3 is 0 Å². The fraction of sp³-hybridized carbons (Fsp3) is 0.538. The zero-order chi connectivity index (χ0) is 11.1. The second-order valence-corrected chi connectivity index (χ2v) is 4.94. The molecule has 2 nitrogen and oxygen atoms in total. The van der Waals surface area contributed by atoms with E-state index >= 15 is 0 Å². The van der Waals surface area contributed by atoms with Crippen molar-refractivity contribution in [3.63, 3.8) is 0 Å². The van der Waals surface area contributed by atoms with Crippen LogP contribution in [0.2, 0.25) is 0 Å². The van der Waals surface area contributed by atoms with Gasteiger partial charge < -0.3 is 10.4 Å². The Hall–Kier alpha value is -1.02. The van der Waals surface area contributed by atoms with Crippen molar-refractivity contribution < 1.29 is 5.11 Å². The molecule has 0 radical (unpaired) electrons. The first-order valence-corrected chi connectivity index (χ1v) is 5.58. The summed E-state index contributed by atoms with van der Waals surface area (Å²) in [6.07, 6.45) is 0.918. The summed E-state index contributed by atoms with van der Waals surface area (Å²) in [6.45, 7) is 6.04. The first-order chi connectivity index (χ1) is 7.01. The minimum atomic E-state index is -0.654. The molecule has 15 heavy (non-hydrogen) atoms. The van der Waals surface area contributed by atoms with Gasteiger partial charge in [0.15, 0.2) is 0 Å². The van der Waals surface area contributed by atoms with E-state index in [2.05, 4.69) is 31.3 Å². The van der Waals surface area contributed by atoms with Gasteiger partial charge in [-0.05, 0) is 30.9 Å². The molecular weight excluding hydrogens is 186 g/mol. The third-order valence-electron chi connectivity index (χ3n) is 3.65. The van der Waals surface area contributed by atoms with Crippen molar-refractivity contribution in [2.24, 2.45) is 5.92 Å². The molecule has 2 N–H and O–H groups in total. The van der Waals surface area contributed by atoms with Crippen LogP contribution < -0.4 is 5.32 Å². The third-order valence-corrected chi connectivity index (χ3v) is 3.65.